The topological polar surface area (TPSA) is 143 Å². The third-order valence-corrected chi connectivity index (χ3v) is 8.30. The van der Waals surface area contributed by atoms with Gasteiger partial charge in [0.2, 0.25) is 0 Å². The molecule has 3 aromatic heterocycles. The van der Waals surface area contributed by atoms with Crippen LogP contribution in [-0.4, -0.2) is 51.8 Å². The number of carbonyl (C=O) groups excluding carboxylic acids is 1. The van der Waals surface area contributed by atoms with Gasteiger partial charge in [0.05, 0.1) is 47.2 Å². The Balaban J connectivity index is 1.12. The maximum Gasteiger partial charge on any atom is 0.335 e. The average molecular weight is 686 g/mol. The summed E-state index contributed by atoms with van der Waals surface area (Å²) in [5.41, 5.74) is 4.82. The summed E-state index contributed by atoms with van der Waals surface area (Å²) in [6.07, 6.45) is 4.89. The number of rotatable bonds is 14. The first-order valence-electron chi connectivity index (χ1n) is 16.2. The van der Waals surface area contributed by atoms with Gasteiger partial charge >= 0.3 is 17.7 Å². The molecule has 11 nitrogen and oxygen atoms in total. The Morgan fingerprint density at radius 3 is 2.47 bits per heavy atom. The van der Waals surface area contributed by atoms with E-state index >= 15 is 0 Å². The normalized spacial score (nSPS) is 10.9. The van der Waals surface area contributed by atoms with Crippen LogP contribution in [0.25, 0.3) is 16.9 Å². The molecule has 3 aromatic carbocycles. The van der Waals surface area contributed by atoms with Crippen LogP contribution in [0, 0.1) is 17.1 Å². The van der Waals surface area contributed by atoms with Crippen LogP contribution >= 0.6 is 0 Å². The van der Waals surface area contributed by atoms with E-state index in [1.54, 1.807) is 55.6 Å². The number of carboxylic acids is 1. The van der Waals surface area contributed by atoms with Crippen LogP contribution in [0.4, 0.5) is 4.39 Å². The van der Waals surface area contributed by atoms with Crippen molar-refractivity contribution in [2.45, 2.75) is 26.0 Å². The molecule has 0 aliphatic heterocycles. The number of nitrogens with one attached hydrogen (secondary N) is 1. The number of imidazole rings is 1. The molecule has 51 heavy (non-hydrogen) atoms. The number of carbonyl (C=O) groups is 2. The van der Waals surface area contributed by atoms with E-state index in [1.165, 1.54) is 12.1 Å². The standard InChI is InChI=1S/C39H33FN6O5/c1-50-20-19-46-34-12-11-30(38(47)42-16-13-26-5-8-29(9-6-26)39(48)49)23-33(34)43-36(46)22-27-14-17-45(18-15-27)35-3-2-4-37(44-35)51-25-31-10-7-28(24-41)21-32(31)40/h2-12,14-15,17-18,21,23H,13,16,19-20,22,25H2,1H3,(H-,42,47,48,49)/p+1. The smallest absolute Gasteiger partial charge is 0.335 e. The maximum absolute atomic E-state index is 14.3. The van der Waals surface area contributed by atoms with Crippen molar-refractivity contribution >= 4 is 22.9 Å². The summed E-state index contributed by atoms with van der Waals surface area (Å²) < 4.78 is 29.4. The van der Waals surface area contributed by atoms with Crippen molar-refractivity contribution in [3.63, 3.8) is 0 Å². The van der Waals surface area contributed by atoms with E-state index in [2.05, 4.69) is 14.9 Å². The predicted molar refractivity (Wildman–Crippen MR) is 185 cm³/mol. The Morgan fingerprint density at radius 1 is 0.961 bits per heavy atom. The van der Waals surface area contributed by atoms with Crippen molar-refractivity contribution in [2.24, 2.45) is 0 Å². The quantitative estimate of drug-likeness (QED) is 0.149. The molecule has 0 unspecified atom stereocenters. The van der Waals surface area contributed by atoms with Crippen molar-refractivity contribution in [3.8, 4) is 17.8 Å². The Kier molecular flexibility index (Phi) is 10.7. The van der Waals surface area contributed by atoms with Crippen molar-refractivity contribution < 1.29 is 33.1 Å². The zero-order valence-corrected chi connectivity index (χ0v) is 27.8. The van der Waals surface area contributed by atoms with Crippen molar-refractivity contribution in [3.05, 3.63) is 148 Å². The summed E-state index contributed by atoms with van der Waals surface area (Å²) in [6.45, 7) is 1.45. The van der Waals surface area contributed by atoms with E-state index in [0.717, 1.165) is 22.5 Å². The predicted octanol–water partition coefficient (Wildman–Crippen LogP) is 5.21. The van der Waals surface area contributed by atoms with Gasteiger partial charge in [-0.3, -0.25) is 4.79 Å². The lowest BCUT2D eigenvalue weighted by molar-refractivity contribution is -0.599. The molecule has 2 N–H and O–H groups in total. The first kappa shape index (κ1) is 34.4. The van der Waals surface area contributed by atoms with E-state index in [9.17, 15) is 14.0 Å². The number of halogens is 1. The van der Waals surface area contributed by atoms with Crippen molar-refractivity contribution in [2.75, 3.05) is 20.3 Å². The van der Waals surface area contributed by atoms with Crippen LogP contribution in [0.15, 0.2) is 103 Å². The molecule has 0 radical (unpaired) electrons. The zero-order valence-electron chi connectivity index (χ0n) is 27.8. The van der Waals surface area contributed by atoms with E-state index in [4.69, 9.17) is 24.8 Å². The number of carboxylic acid groups (broad SMARTS) is 1. The minimum Gasteiger partial charge on any atom is -0.478 e. The number of aromatic nitrogens is 4. The van der Waals surface area contributed by atoms with Crippen LogP contribution in [0.1, 0.15) is 48.8 Å². The number of methoxy groups -OCH3 is 1. The lowest BCUT2D eigenvalue weighted by Crippen LogP contribution is -2.30. The molecular formula is C39H34FN6O5+. The first-order valence-corrected chi connectivity index (χ1v) is 16.2. The fraction of sp³-hybridized carbons (Fsp3) is 0.179. The number of pyridine rings is 2. The second-order valence-electron chi connectivity index (χ2n) is 11.7. The van der Waals surface area contributed by atoms with Gasteiger partial charge in [0.25, 0.3) is 5.91 Å². The minimum atomic E-state index is -0.976. The van der Waals surface area contributed by atoms with Crippen LogP contribution in [0.5, 0.6) is 5.88 Å². The van der Waals surface area contributed by atoms with Crippen molar-refractivity contribution in [1.82, 2.24) is 19.9 Å². The minimum absolute atomic E-state index is 0.0275. The Morgan fingerprint density at radius 2 is 1.75 bits per heavy atom. The number of nitrogens with zero attached hydrogens (tertiary/aromatic N) is 5. The van der Waals surface area contributed by atoms with Gasteiger partial charge in [-0.15, -0.1) is 0 Å². The second-order valence-corrected chi connectivity index (χ2v) is 11.7. The highest BCUT2D eigenvalue weighted by Gasteiger charge is 2.16. The molecule has 0 saturated heterocycles. The number of ether oxygens (including phenoxy) is 2. The lowest BCUT2D eigenvalue weighted by Gasteiger charge is -2.09. The van der Waals surface area contributed by atoms with Gasteiger partial charge in [0.1, 0.15) is 18.2 Å². The lowest BCUT2D eigenvalue weighted by atomic mass is 10.1. The SMILES string of the molecule is COCCn1c(Cc2cc[n+](-c3cccc(OCc4ccc(C#N)cc4F)n3)cc2)nc2cc(C(=O)NCCc3ccc(C(=O)O)cc3)ccc21. The number of hydrogen-bond acceptors (Lipinski definition) is 7. The third-order valence-electron chi connectivity index (χ3n) is 8.30. The number of aromatic carboxylic acids is 1. The Bertz CT molecular complexity index is 2230. The molecule has 0 spiro atoms. The molecule has 0 fully saturated rings. The molecule has 3 heterocycles. The molecule has 1 amide bonds. The molecule has 0 atom stereocenters. The van der Waals surface area contributed by atoms with Gasteiger partial charge < -0.3 is 24.5 Å². The summed E-state index contributed by atoms with van der Waals surface area (Å²) in [5.74, 6) is 0.0758. The van der Waals surface area contributed by atoms with Gasteiger partial charge in [-0.05, 0) is 83.2 Å². The average Bonchev–Trinajstić information content (AvgIpc) is 3.49. The van der Waals surface area contributed by atoms with Crippen LogP contribution in [0.2, 0.25) is 0 Å². The monoisotopic (exact) mass is 685 g/mol. The first-order chi connectivity index (χ1) is 24.8. The van der Waals surface area contributed by atoms with Crippen LogP contribution in [0.3, 0.4) is 0 Å². The van der Waals surface area contributed by atoms with Crippen molar-refractivity contribution in [1.29, 1.82) is 5.26 Å². The molecule has 0 aliphatic carbocycles. The molecule has 12 heteroatoms. The molecule has 0 saturated carbocycles. The van der Waals surface area contributed by atoms with Gasteiger partial charge in [0, 0.05) is 49.9 Å². The fourth-order valence-electron chi connectivity index (χ4n) is 5.55. The number of fused-ring (bicyclic) bond motifs is 1. The summed E-state index contributed by atoms with van der Waals surface area (Å²) >= 11 is 0. The summed E-state index contributed by atoms with van der Waals surface area (Å²) in [4.78, 5) is 33.6. The van der Waals surface area contributed by atoms with E-state index in [0.29, 0.717) is 60.9 Å². The van der Waals surface area contributed by atoms with Crippen LogP contribution < -0.4 is 14.6 Å². The van der Waals surface area contributed by atoms with E-state index < -0.39 is 11.8 Å². The Labute approximate surface area is 293 Å². The van der Waals surface area contributed by atoms with Crippen LogP contribution in [-0.2, 0) is 30.7 Å². The molecular weight excluding hydrogens is 651 g/mol. The zero-order chi connectivity index (χ0) is 35.7. The summed E-state index contributed by atoms with van der Waals surface area (Å²) in [6, 6.07) is 27.6. The highest BCUT2D eigenvalue weighted by molar-refractivity contribution is 5.97. The van der Waals surface area contributed by atoms with Gasteiger partial charge in [-0.2, -0.15) is 5.26 Å². The highest BCUT2D eigenvalue weighted by Crippen LogP contribution is 2.21. The summed E-state index contributed by atoms with van der Waals surface area (Å²) in [7, 11) is 1.65. The van der Waals surface area contributed by atoms with Gasteiger partial charge in [-0.25, -0.2) is 18.7 Å². The fourth-order valence-corrected chi connectivity index (χ4v) is 5.55. The number of hydrogen-bond donors (Lipinski definition) is 2. The molecule has 0 aliphatic rings. The van der Waals surface area contributed by atoms with Gasteiger partial charge in [0.15, 0.2) is 0 Å². The number of amides is 1. The highest BCUT2D eigenvalue weighted by atomic mass is 19.1. The van der Waals surface area contributed by atoms with Gasteiger partial charge in [-0.1, -0.05) is 18.2 Å². The molecule has 6 rings (SSSR count). The molecule has 256 valence electrons. The summed E-state index contributed by atoms with van der Waals surface area (Å²) in [5, 5.41) is 21.0. The number of nitriles is 1. The second kappa shape index (κ2) is 15.8. The third kappa shape index (κ3) is 8.41. The van der Waals surface area contributed by atoms with E-state index in [-0.39, 0.29) is 23.6 Å². The van der Waals surface area contributed by atoms with E-state index in [1.807, 2.05) is 53.4 Å². The Hall–Kier alpha value is -6.45. The number of benzene rings is 3. The molecule has 6 aromatic rings. The largest absolute Gasteiger partial charge is 0.478 e. The maximum atomic E-state index is 14.3. The molecule has 0 bridgehead atoms.